The Hall–Kier alpha value is -1.26. The number of carbonyl (C=O) groups excluding carboxylic acids is 1. The Morgan fingerprint density at radius 1 is 1.50 bits per heavy atom. The van der Waals surface area contributed by atoms with Gasteiger partial charge in [-0.05, 0) is 44.9 Å². The zero-order valence-electron chi connectivity index (χ0n) is 11.9. The van der Waals surface area contributed by atoms with Gasteiger partial charge in [-0.3, -0.25) is 4.79 Å². The van der Waals surface area contributed by atoms with Crippen LogP contribution in [0.1, 0.15) is 32.3 Å². The van der Waals surface area contributed by atoms with E-state index in [-0.39, 0.29) is 5.91 Å². The van der Waals surface area contributed by atoms with E-state index in [9.17, 15) is 4.79 Å². The van der Waals surface area contributed by atoms with Crippen molar-refractivity contribution in [1.29, 1.82) is 0 Å². The standard InChI is InChI=1S/C15H21ClN2O2/c1-3-17-15(19)10(2)20-14-7-4-12(16)8-11(14)9-18-13-5-6-13/h4,7-8,10,13,18H,3,5-6,9H2,1-2H3,(H,17,19). The van der Waals surface area contributed by atoms with Gasteiger partial charge in [0.1, 0.15) is 5.75 Å². The van der Waals surface area contributed by atoms with E-state index in [0.29, 0.717) is 29.9 Å². The highest BCUT2D eigenvalue weighted by Gasteiger charge is 2.21. The second-order valence-corrected chi connectivity index (χ2v) is 5.50. The number of hydrogen-bond acceptors (Lipinski definition) is 3. The molecule has 1 unspecified atom stereocenters. The molecule has 1 aromatic rings. The number of nitrogens with one attached hydrogen (secondary N) is 2. The molecule has 0 heterocycles. The lowest BCUT2D eigenvalue weighted by atomic mass is 10.2. The minimum atomic E-state index is -0.518. The molecule has 1 amide bonds. The first-order valence-corrected chi connectivity index (χ1v) is 7.44. The van der Waals surface area contributed by atoms with Crippen molar-refractivity contribution in [2.45, 2.75) is 45.4 Å². The van der Waals surface area contributed by atoms with Gasteiger partial charge in [-0.15, -0.1) is 0 Å². The zero-order valence-corrected chi connectivity index (χ0v) is 12.7. The third kappa shape index (κ3) is 4.39. The monoisotopic (exact) mass is 296 g/mol. The SMILES string of the molecule is CCNC(=O)C(C)Oc1ccc(Cl)cc1CNC1CC1. The number of rotatable bonds is 7. The maximum Gasteiger partial charge on any atom is 0.260 e. The average Bonchev–Trinajstić information content (AvgIpc) is 3.23. The molecule has 1 atom stereocenters. The second-order valence-electron chi connectivity index (χ2n) is 5.06. The molecular formula is C15H21ClN2O2. The fourth-order valence-electron chi connectivity index (χ4n) is 1.90. The molecule has 1 aliphatic rings. The quantitative estimate of drug-likeness (QED) is 0.813. The number of carbonyl (C=O) groups is 1. The van der Waals surface area contributed by atoms with Crippen LogP contribution in [0.15, 0.2) is 18.2 Å². The predicted octanol–water partition coefficient (Wildman–Crippen LogP) is 2.50. The van der Waals surface area contributed by atoms with Gasteiger partial charge < -0.3 is 15.4 Å². The number of ether oxygens (including phenoxy) is 1. The molecule has 1 aliphatic carbocycles. The molecule has 1 saturated carbocycles. The number of amides is 1. The van der Waals surface area contributed by atoms with Crippen molar-refractivity contribution in [2.24, 2.45) is 0 Å². The summed E-state index contributed by atoms with van der Waals surface area (Å²) in [5.41, 5.74) is 0.987. The number of benzene rings is 1. The first-order chi connectivity index (χ1) is 9.60. The van der Waals surface area contributed by atoms with Gasteiger partial charge >= 0.3 is 0 Å². The molecule has 0 aromatic heterocycles. The summed E-state index contributed by atoms with van der Waals surface area (Å²) in [6.07, 6.45) is 1.94. The average molecular weight is 297 g/mol. The van der Waals surface area contributed by atoms with Crippen molar-refractivity contribution in [3.63, 3.8) is 0 Å². The number of halogens is 1. The Morgan fingerprint density at radius 2 is 2.25 bits per heavy atom. The smallest absolute Gasteiger partial charge is 0.260 e. The largest absolute Gasteiger partial charge is 0.481 e. The highest BCUT2D eigenvalue weighted by atomic mass is 35.5. The molecule has 0 saturated heterocycles. The molecular weight excluding hydrogens is 276 g/mol. The lowest BCUT2D eigenvalue weighted by Crippen LogP contribution is -2.36. The molecule has 0 aliphatic heterocycles. The molecule has 1 fully saturated rings. The molecule has 4 nitrogen and oxygen atoms in total. The van der Waals surface area contributed by atoms with Crippen molar-refractivity contribution in [3.8, 4) is 5.75 Å². The molecule has 2 rings (SSSR count). The van der Waals surface area contributed by atoms with Gasteiger partial charge in [-0.2, -0.15) is 0 Å². The number of hydrogen-bond donors (Lipinski definition) is 2. The summed E-state index contributed by atoms with van der Waals surface area (Å²) >= 11 is 6.03. The van der Waals surface area contributed by atoms with Crippen molar-refractivity contribution < 1.29 is 9.53 Å². The summed E-state index contributed by atoms with van der Waals surface area (Å²) in [5, 5.41) is 6.86. The molecule has 0 bridgehead atoms. The molecule has 5 heteroatoms. The maximum absolute atomic E-state index is 11.7. The van der Waals surface area contributed by atoms with Crippen LogP contribution in [0.2, 0.25) is 5.02 Å². The van der Waals surface area contributed by atoms with E-state index in [2.05, 4.69) is 10.6 Å². The van der Waals surface area contributed by atoms with Gasteiger partial charge in [-0.25, -0.2) is 0 Å². The molecule has 2 N–H and O–H groups in total. The van der Waals surface area contributed by atoms with Gasteiger partial charge in [0, 0.05) is 29.7 Å². The van der Waals surface area contributed by atoms with Crippen molar-refractivity contribution in [3.05, 3.63) is 28.8 Å². The normalized spacial score (nSPS) is 15.8. The van der Waals surface area contributed by atoms with Crippen molar-refractivity contribution in [1.82, 2.24) is 10.6 Å². The third-order valence-corrected chi connectivity index (χ3v) is 3.44. The number of likely N-dealkylation sites (N-methyl/N-ethyl adjacent to an activating group) is 1. The van der Waals surface area contributed by atoms with Crippen molar-refractivity contribution >= 4 is 17.5 Å². The van der Waals surface area contributed by atoms with Crippen LogP contribution in [-0.4, -0.2) is 24.6 Å². The summed E-state index contributed by atoms with van der Waals surface area (Å²) in [6, 6.07) is 6.10. The Bertz CT molecular complexity index is 475. The molecule has 20 heavy (non-hydrogen) atoms. The Morgan fingerprint density at radius 3 is 2.90 bits per heavy atom. The minimum Gasteiger partial charge on any atom is -0.481 e. The van der Waals surface area contributed by atoms with Gasteiger partial charge in [0.15, 0.2) is 6.10 Å². The Kier molecular flexibility index (Phi) is 5.26. The van der Waals surface area contributed by atoms with Crippen LogP contribution < -0.4 is 15.4 Å². The van der Waals surface area contributed by atoms with Crippen LogP contribution in [0, 0.1) is 0 Å². The maximum atomic E-state index is 11.7. The van der Waals surface area contributed by atoms with Gasteiger partial charge in [-0.1, -0.05) is 11.6 Å². The van der Waals surface area contributed by atoms with E-state index in [0.717, 1.165) is 5.56 Å². The summed E-state index contributed by atoms with van der Waals surface area (Å²) < 4.78 is 5.76. The first-order valence-electron chi connectivity index (χ1n) is 7.06. The predicted molar refractivity (Wildman–Crippen MR) is 80.1 cm³/mol. The molecule has 0 radical (unpaired) electrons. The van der Waals surface area contributed by atoms with Crippen molar-refractivity contribution in [2.75, 3.05) is 6.54 Å². The molecule has 1 aromatic carbocycles. The van der Waals surface area contributed by atoms with Crippen LogP contribution in [0.25, 0.3) is 0 Å². The van der Waals surface area contributed by atoms with E-state index in [1.54, 1.807) is 13.0 Å². The Labute approximate surface area is 124 Å². The van der Waals surface area contributed by atoms with E-state index >= 15 is 0 Å². The first kappa shape index (κ1) is 15.1. The Balaban J connectivity index is 2.02. The lowest BCUT2D eigenvalue weighted by molar-refractivity contribution is -0.127. The fraction of sp³-hybridized carbons (Fsp3) is 0.533. The highest BCUT2D eigenvalue weighted by Crippen LogP contribution is 2.26. The van der Waals surface area contributed by atoms with Gasteiger partial charge in [0.2, 0.25) is 0 Å². The summed E-state index contributed by atoms with van der Waals surface area (Å²) in [6.45, 7) is 4.95. The van der Waals surface area contributed by atoms with Crippen LogP contribution in [-0.2, 0) is 11.3 Å². The van der Waals surface area contributed by atoms with Crippen LogP contribution >= 0.6 is 11.6 Å². The fourth-order valence-corrected chi connectivity index (χ4v) is 2.10. The van der Waals surface area contributed by atoms with E-state index in [1.807, 2.05) is 19.1 Å². The topological polar surface area (TPSA) is 50.4 Å². The van der Waals surface area contributed by atoms with E-state index in [4.69, 9.17) is 16.3 Å². The van der Waals surface area contributed by atoms with Crippen LogP contribution in [0.5, 0.6) is 5.75 Å². The minimum absolute atomic E-state index is 0.108. The van der Waals surface area contributed by atoms with Crippen LogP contribution in [0.4, 0.5) is 0 Å². The third-order valence-electron chi connectivity index (χ3n) is 3.21. The zero-order chi connectivity index (χ0) is 14.5. The second kappa shape index (κ2) is 6.95. The van der Waals surface area contributed by atoms with E-state index in [1.165, 1.54) is 12.8 Å². The summed E-state index contributed by atoms with van der Waals surface area (Å²) in [5.74, 6) is 0.602. The van der Waals surface area contributed by atoms with Crippen LogP contribution in [0.3, 0.4) is 0 Å². The lowest BCUT2D eigenvalue weighted by Gasteiger charge is -2.17. The highest BCUT2D eigenvalue weighted by molar-refractivity contribution is 6.30. The molecule has 0 spiro atoms. The van der Waals surface area contributed by atoms with Gasteiger partial charge in [0.25, 0.3) is 5.91 Å². The van der Waals surface area contributed by atoms with Gasteiger partial charge in [0.05, 0.1) is 0 Å². The van der Waals surface area contributed by atoms with E-state index < -0.39 is 6.10 Å². The summed E-state index contributed by atoms with van der Waals surface area (Å²) in [4.78, 5) is 11.7. The summed E-state index contributed by atoms with van der Waals surface area (Å²) in [7, 11) is 0. The molecule has 110 valence electrons.